The van der Waals surface area contributed by atoms with Crippen molar-refractivity contribution in [3.8, 4) is 0 Å². The third-order valence-electron chi connectivity index (χ3n) is 3.90. The number of halogens is 3. The molecule has 1 aromatic rings. The standard InChI is InChI=1S/C18H25FN2O3.2ClH/c1-12-10-20(17(23)24-18(3,4)5)11-13(2)21(12)16(22)14-6-8-15(19)9-7-14;;/h6-9,12-13H,10-11H2,1-5H3;2*1H/t12-,13?;;/m0../s1. The Balaban J connectivity index is 0.00000312. The fourth-order valence-electron chi connectivity index (χ4n) is 2.94. The van der Waals surface area contributed by atoms with Gasteiger partial charge in [-0.1, -0.05) is 0 Å². The number of carbonyl (C=O) groups excluding carboxylic acids is 2. The number of rotatable bonds is 1. The molecule has 1 aromatic carbocycles. The molecule has 0 saturated carbocycles. The van der Waals surface area contributed by atoms with E-state index in [1.54, 1.807) is 9.80 Å². The quantitative estimate of drug-likeness (QED) is 0.701. The van der Waals surface area contributed by atoms with Crippen molar-refractivity contribution in [1.29, 1.82) is 0 Å². The molecule has 148 valence electrons. The maximum absolute atomic E-state index is 13.0. The molecule has 1 saturated heterocycles. The van der Waals surface area contributed by atoms with Crippen molar-refractivity contribution >= 4 is 36.8 Å². The summed E-state index contributed by atoms with van der Waals surface area (Å²) in [6.07, 6.45) is -0.366. The Hall–Kier alpha value is -1.53. The monoisotopic (exact) mass is 408 g/mol. The Morgan fingerprint density at radius 1 is 1.04 bits per heavy atom. The largest absolute Gasteiger partial charge is 0.444 e. The van der Waals surface area contributed by atoms with Crippen LogP contribution in [0.25, 0.3) is 0 Å². The Labute approximate surface area is 166 Å². The molecule has 5 nitrogen and oxygen atoms in total. The van der Waals surface area contributed by atoms with Crippen LogP contribution < -0.4 is 0 Å². The third kappa shape index (κ3) is 6.02. The molecule has 0 N–H and O–H groups in total. The maximum Gasteiger partial charge on any atom is 0.410 e. The van der Waals surface area contributed by atoms with Crippen molar-refractivity contribution in [2.75, 3.05) is 13.1 Å². The molecule has 0 bridgehead atoms. The van der Waals surface area contributed by atoms with Crippen molar-refractivity contribution in [2.45, 2.75) is 52.3 Å². The minimum atomic E-state index is -0.551. The molecule has 1 heterocycles. The van der Waals surface area contributed by atoms with E-state index in [1.807, 2.05) is 34.6 Å². The zero-order chi connectivity index (χ0) is 18.1. The van der Waals surface area contributed by atoms with Crippen molar-refractivity contribution < 1.29 is 18.7 Å². The van der Waals surface area contributed by atoms with E-state index in [0.717, 1.165) is 0 Å². The summed E-state index contributed by atoms with van der Waals surface area (Å²) in [5.41, 5.74) is -0.106. The van der Waals surface area contributed by atoms with E-state index in [9.17, 15) is 14.0 Å². The lowest BCUT2D eigenvalue weighted by molar-refractivity contribution is -0.00488. The fraction of sp³-hybridized carbons (Fsp3) is 0.556. The van der Waals surface area contributed by atoms with Crippen molar-refractivity contribution in [3.63, 3.8) is 0 Å². The summed E-state index contributed by atoms with van der Waals surface area (Å²) in [7, 11) is 0. The number of benzene rings is 1. The predicted octanol–water partition coefficient (Wildman–Crippen LogP) is 4.14. The molecule has 2 atom stereocenters. The normalized spacial score (nSPS) is 19.9. The Kier molecular flexibility index (Phi) is 8.86. The van der Waals surface area contributed by atoms with E-state index in [-0.39, 0.29) is 54.7 Å². The molecule has 0 aromatic heterocycles. The van der Waals surface area contributed by atoms with Crippen LogP contribution in [0, 0.1) is 5.82 Å². The first-order valence-electron chi connectivity index (χ1n) is 8.14. The average Bonchev–Trinajstić information content (AvgIpc) is 2.45. The first-order valence-corrected chi connectivity index (χ1v) is 8.14. The van der Waals surface area contributed by atoms with E-state index < -0.39 is 5.60 Å². The summed E-state index contributed by atoms with van der Waals surface area (Å²) < 4.78 is 18.4. The molecule has 1 unspecified atom stereocenters. The molecular formula is C18H27Cl2FN2O3. The molecular weight excluding hydrogens is 382 g/mol. The van der Waals surface area contributed by atoms with Crippen molar-refractivity contribution in [1.82, 2.24) is 9.80 Å². The first kappa shape index (κ1) is 24.5. The van der Waals surface area contributed by atoms with Gasteiger partial charge in [-0.05, 0) is 58.9 Å². The van der Waals surface area contributed by atoms with Crippen LogP contribution >= 0.6 is 24.8 Å². The van der Waals surface area contributed by atoms with Gasteiger partial charge in [0.05, 0.1) is 0 Å². The van der Waals surface area contributed by atoms with Gasteiger partial charge >= 0.3 is 6.09 Å². The Bertz CT molecular complexity index is 608. The summed E-state index contributed by atoms with van der Waals surface area (Å²) in [5.74, 6) is -0.527. The molecule has 0 radical (unpaired) electrons. The summed E-state index contributed by atoms with van der Waals surface area (Å²) in [5, 5.41) is 0. The van der Waals surface area contributed by atoms with Crippen LogP contribution in [0.2, 0.25) is 0 Å². The lowest BCUT2D eigenvalue weighted by Crippen LogP contribution is -2.60. The number of piperazine rings is 1. The number of carbonyl (C=O) groups is 2. The van der Waals surface area contributed by atoms with Crippen molar-refractivity contribution in [2.24, 2.45) is 0 Å². The molecule has 26 heavy (non-hydrogen) atoms. The smallest absolute Gasteiger partial charge is 0.410 e. The lowest BCUT2D eigenvalue weighted by atomic mass is 10.1. The second kappa shape index (κ2) is 9.42. The van der Waals surface area contributed by atoms with Gasteiger partial charge in [-0.3, -0.25) is 4.79 Å². The minimum absolute atomic E-state index is 0. The third-order valence-corrected chi connectivity index (χ3v) is 3.90. The van der Waals surface area contributed by atoms with E-state index >= 15 is 0 Å². The van der Waals surface area contributed by atoms with Crippen LogP contribution in [0.3, 0.4) is 0 Å². The van der Waals surface area contributed by atoms with Gasteiger partial charge in [0.2, 0.25) is 0 Å². The highest BCUT2D eigenvalue weighted by Crippen LogP contribution is 2.21. The van der Waals surface area contributed by atoms with Gasteiger partial charge in [-0.15, -0.1) is 24.8 Å². The number of amides is 2. The van der Waals surface area contributed by atoms with Crippen LogP contribution in [0.1, 0.15) is 45.0 Å². The average molecular weight is 409 g/mol. The summed E-state index contributed by atoms with van der Waals surface area (Å²) >= 11 is 0. The fourth-order valence-corrected chi connectivity index (χ4v) is 2.94. The number of hydrogen-bond donors (Lipinski definition) is 0. The SMILES string of the molecule is CC1CN(C(=O)OC(C)(C)C)C[C@H](C)N1C(=O)c1ccc(F)cc1.Cl.Cl. The molecule has 1 aliphatic heterocycles. The van der Waals surface area contributed by atoms with Crippen LogP contribution in [0.5, 0.6) is 0 Å². The van der Waals surface area contributed by atoms with Gasteiger partial charge in [-0.2, -0.15) is 0 Å². The van der Waals surface area contributed by atoms with Gasteiger partial charge in [0.15, 0.2) is 0 Å². The van der Waals surface area contributed by atoms with Crippen molar-refractivity contribution in [3.05, 3.63) is 35.6 Å². The van der Waals surface area contributed by atoms with Crippen LogP contribution in [-0.2, 0) is 4.74 Å². The van der Waals surface area contributed by atoms with E-state index in [4.69, 9.17) is 4.74 Å². The summed E-state index contributed by atoms with van der Waals surface area (Å²) in [6.45, 7) is 10.1. The van der Waals surface area contributed by atoms with Crippen LogP contribution in [0.15, 0.2) is 24.3 Å². The lowest BCUT2D eigenvalue weighted by Gasteiger charge is -2.44. The second-order valence-corrected chi connectivity index (χ2v) is 7.30. The zero-order valence-electron chi connectivity index (χ0n) is 15.7. The molecule has 1 aliphatic rings. The molecule has 1 fully saturated rings. The molecule has 0 aliphatic carbocycles. The molecule has 2 amide bonds. The highest BCUT2D eigenvalue weighted by atomic mass is 35.5. The van der Waals surface area contributed by atoms with Gasteiger partial charge < -0.3 is 14.5 Å². The van der Waals surface area contributed by atoms with Crippen LogP contribution in [0.4, 0.5) is 9.18 Å². The van der Waals surface area contributed by atoms with Gasteiger partial charge in [0.25, 0.3) is 5.91 Å². The van der Waals surface area contributed by atoms with E-state index in [0.29, 0.717) is 18.7 Å². The van der Waals surface area contributed by atoms with E-state index in [2.05, 4.69) is 0 Å². The number of hydrogen-bond acceptors (Lipinski definition) is 3. The number of ether oxygens (including phenoxy) is 1. The molecule has 2 rings (SSSR count). The minimum Gasteiger partial charge on any atom is -0.444 e. The second-order valence-electron chi connectivity index (χ2n) is 7.30. The van der Waals surface area contributed by atoms with Crippen LogP contribution in [-0.4, -0.2) is 52.6 Å². The predicted molar refractivity (Wildman–Crippen MR) is 104 cm³/mol. The Morgan fingerprint density at radius 3 is 1.92 bits per heavy atom. The maximum atomic E-state index is 13.0. The highest BCUT2D eigenvalue weighted by molar-refractivity contribution is 5.94. The van der Waals surface area contributed by atoms with Gasteiger partial charge in [0, 0.05) is 30.7 Å². The van der Waals surface area contributed by atoms with E-state index in [1.165, 1.54) is 24.3 Å². The number of nitrogens with zero attached hydrogens (tertiary/aromatic N) is 2. The highest BCUT2D eigenvalue weighted by Gasteiger charge is 2.36. The Morgan fingerprint density at radius 2 is 1.50 bits per heavy atom. The van der Waals surface area contributed by atoms with Gasteiger partial charge in [0.1, 0.15) is 11.4 Å². The molecule has 8 heteroatoms. The summed E-state index contributed by atoms with van der Waals surface area (Å²) in [4.78, 5) is 28.3. The van der Waals surface area contributed by atoms with Gasteiger partial charge in [-0.25, -0.2) is 9.18 Å². The summed E-state index contributed by atoms with van der Waals surface area (Å²) in [6, 6.07) is 5.21. The topological polar surface area (TPSA) is 49.9 Å². The zero-order valence-corrected chi connectivity index (χ0v) is 17.3. The first-order chi connectivity index (χ1) is 11.1. The molecule has 0 spiro atoms.